The van der Waals surface area contributed by atoms with E-state index in [1.165, 1.54) is 0 Å². The van der Waals surface area contributed by atoms with Crippen molar-refractivity contribution in [2.75, 3.05) is 0 Å². The van der Waals surface area contributed by atoms with Gasteiger partial charge in [-0.05, 0) is 47.2 Å². The van der Waals surface area contributed by atoms with E-state index >= 15 is 9.13 Å². The molecular formula is C51H54O12P2. The SMILES string of the molecule is CC1(C)O[C@@H]2[C@H](OCc3ccccc3)[C@@H](OP(=O)(OCc3ccccc3)OCc3ccccc3)[C@H](OP(=O)(OCc3ccccc3)OCc3ccccc3)[C@@H](OCc3ccccc3)[C@@H]2O1. The second-order valence-electron chi connectivity index (χ2n) is 16.2. The van der Waals surface area contributed by atoms with Crippen LogP contribution in [0.15, 0.2) is 182 Å². The van der Waals surface area contributed by atoms with Gasteiger partial charge in [0.1, 0.15) is 36.6 Å². The number of hydrogen-bond donors (Lipinski definition) is 0. The van der Waals surface area contributed by atoms with Gasteiger partial charge < -0.3 is 18.9 Å². The summed E-state index contributed by atoms with van der Waals surface area (Å²) in [4.78, 5) is 0. The van der Waals surface area contributed by atoms with Crippen molar-refractivity contribution in [3.05, 3.63) is 215 Å². The van der Waals surface area contributed by atoms with Crippen molar-refractivity contribution in [2.45, 2.75) is 95.9 Å². The van der Waals surface area contributed by atoms with Gasteiger partial charge in [0.25, 0.3) is 0 Å². The smallest absolute Gasteiger partial charge is 0.368 e. The lowest BCUT2D eigenvalue weighted by molar-refractivity contribution is -0.218. The Labute approximate surface area is 380 Å². The Balaban J connectivity index is 1.23. The molecule has 2 aliphatic rings. The first-order valence-electron chi connectivity index (χ1n) is 21.6. The maximum absolute atomic E-state index is 15.5. The lowest BCUT2D eigenvalue weighted by Gasteiger charge is -2.47. The summed E-state index contributed by atoms with van der Waals surface area (Å²) in [6.45, 7) is 3.19. The number of benzene rings is 6. The minimum absolute atomic E-state index is 0.0767. The van der Waals surface area contributed by atoms with Gasteiger partial charge in [-0.2, -0.15) is 0 Å². The zero-order valence-electron chi connectivity index (χ0n) is 36.3. The second kappa shape index (κ2) is 22.2. The number of ether oxygens (including phenoxy) is 4. The second-order valence-corrected chi connectivity index (χ2v) is 19.4. The van der Waals surface area contributed by atoms with Gasteiger partial charge >= 0.3 is 15.6 Å². The Morgan fingerprint density at radius 2 is 0.600 bits per heavy atom. The summed E-state index contributed by atoms with van der Waals surface area (Å²) in [5.41, 5.74) is 4.57. The molecule has 1 saturated carbocycles. The predicted octanol–water partition coefficient (Wildman–Crippen LogP) is 11.5. The summed E-state index contributed by atoms with van der Waals surface area (Å²) in [6.07, 6.45) is -6.91. The van der Waals surface area contributed by atoms with Crippen molar-refractivity contribution in [1.29, 1.82) is 0 Å². The third kappa shape index (κ3) is 13.3. The molecular weight excluding hydrogens is 866 g/mol. The molecule has 65 heavy (non-hydrogen) atoms. The van der Waals surface area contributed by atoms with Crippen LogP contribution in [0.25, 0.3) is 0 Å². The quantitative estimate of drug-likeness (QED) is 0.0602. The van der Waals surface area contributed by atoms with Crippen LogP contribution < -0.4 is 0 Å². The molecule has 0 N–H and O–H groups in total. The average molecular weight is 921 g/mol. The van der Waals surface area contributed by atoms with Gasteiger partial charge in [0.05, 0.1) is 39.6 Å². The molecule has 2 fully saturated rings. The fraction of sp³-hybridized carbons (Fsp3) is 0.294. The molecule has 0 radical (unpaired) electrons. The number of phosphoric ester groups is 2. The number of rotatable bonds is 22. The first-order chi connectivity index (χ1) is 31.6. The molecule has 14 heteroatoms. The van der Waals surface area contributed by atoms with E-state index in [2.05, 4.69) is 0 Å². The van der Waals surface area contributed by atoms with Crippen LogP contribution in [0.4, 0.5) is 0 Å². The van der Waals surface area contributed by atoms with E-state index in [9.17, 15) is 0 Å². The van der Waals surface area contributed by atoms with Crippen molar-refractivity contribution in [3.63, 3.8) is 0 Å². The molecule has 1 aliphatic carbocycles. The van der Waals surface area contributed by atoms with E-state index < -0.39 is 58.1 Å². The van der Waals surface area contributed by atoms with E-state index in [-0.39, 0.29) is 39.6 Å². The maximum Gasteiger partial charge on any atom is 0.475 e. The molecule has 1 aliphatic heterocycles. The van der Waals surface area contributed by atoms with E-state index in [1.54, 1.807) is 13.8 Å². The highest BCUT2D eigenvalue weighted by molar-refractivity contribution is 7.48. The monoisotopic (exact) mass is 920 g/mol. The average Bonchev–Trinajstić information content (AvgIpc) is 3.67. The maximum atomic E-state index is 15.5. The normalized spacial score (nSPS) is 21.8. The Bertz CT molecular complexity index is 2170. The Hall–Kier alpha value is -4.62. The highest BCUT2D eigenvalue weighted by Crippen LogP contribution is 2.59. The van der Waals surface area contributed by atoms with Crippen LogP contribution in [0.2, 0.25) is 0 Å². The van der Waals surface area contributed by atoms with Crippen LogP contribution in [-0.2, 0) is 94.9 Å². The topological polar surface area (TPSA) is 126 Å². The first-order valence-corrected chi connectivity index (χ1v) is 24.5. The lowest BCUT2D eigenvalue weighted by Crippen LogP contribution is -2.65. The Kier molecular flexibility index (Phi) is 16.0. The van der Waals surface area contributed by atoms with E-state index in [1.807, 2.05) is 182 Å². The molecule has 1 heterocycles. The molecule has 0 unspecified atom stereocenters. The van der Waals surface area contributed by atoms with Crippen LogP contribution in [-0.4, -0.2) is 42.4 Å². The van der Waals surface area contributed by atoms with Crippen molar-refractivity contribution in [1.82, 2.24) is 0 Å². The lowest BCUT2D eigenvalue weighted by atomic mass is 9.84. The molecule has 0 bridgehead atoms. The van der Waals surface area contributed by atoms with Gasteiger partial charge in [0, 0.05) is 0 Å². The van der Waals surface area contributed by atoms with Gasteiger partial charge in [-0.1, -0.05) is 182 Å². The number of hydrogen-bond acceptors (Lipinski definition) is 12. The summed E-state index contributed by atoms with van der Waals surface area (Å²) in [5, 5.41) is 0. The summed E-state index contributed by atoms with van der Waals surface area (Å²) in [5.74, 6) is -1.16. The van der Waals surface area contributed by atoms with Gasteiger partial charge in [-0.25, -0.2) is 9.13 Å². The standard InChI is InChI=1S/C51H54O12P2/c1-51(2)60-47-45(54-33-39-21-9-3-10-22-39)49(62-64(52,56-35-41-25-13-5-14-26-41)57-36-42-27-15-6-16-28-42)50(46(48(47)61-51)55-34-40-23-11-4-12-24-40)63-65(53,58-37-43-29-17-7-18-30-43)59-38-44-31-19-8-20-32-44/h3-32,45-50H,33-38H2,1-2H3/t45-,46-,47-,48+,49+,50+/m0/s1. The van der Waals surface area contributed by atoms with Crippen LogP contribution in [0, 0.1) is 0 Å². The minimum atomic E-state index is -4.64. The molecule has 0 amide bonds. The summed E-state index contributed by atoms with van der Waals surface area (Å²) in [6, 6.07) is 56.2. The third-order valence-corrected chi connectivity index (χ3v) is 13.6. The summed E-state index contributed by atoms with van der Waals surface area (Å²) in [7, 11) is -9.27. The molecule has 6 aromatic rings. The number of fused-ring (bicyclic) bond motifs is 1. The fourth-order valence-corrected chi connectivity index (χ4v) is 10.3. The van der Waals surface area contributed by atoms with E-state index in [0.29, 0.717) is 0 Å². The largest absolute Gasteiger partial charge is 0.475 e. The Morgan fingerprint density at radius 1 is 0.369 bits per heavy atom. The summed E-state index contributed by atoms with van der Waals surface area (Å²) < 4.78 is 96.3. The van der Waals surface area contributed by atoms with Crippen molar-refractivity contribution < 1.29 is 55.2 Å². The zero-order chi connectivity index (χ0) is 45.0. The van der Waals surface area contributed by atoms with Crippen molar-refractivity contribution in [2.24, 2.45) is 0 Å². The van der Waals surface area contributed by atoms with Crippen LogP contribution in [0.3, 0.4) is 0 Å². The van der Waals surface area contributed by atoms with Crippen molar-refractivity contribution >= 4 is 15.6 Å². The molecule has 6 atom stereocenters. The molecule has 0 spiro atoms. The predicted molar refractivity (Wildman–Crippen MR) is 244 cm³/mol. The van der Waals surface area contributed by atoms with Gasteiger partial charge in [0.15, 0.2) is 5.79 Å². The van der Waals surface area contributed by atoms with Crippen LogP contribution in [0.1, 0.15) is 47.2 Å². The Morgan fingerprint density at radius 3 is 0.846 bits per heavy atom. The molecule has 8 rings (SSSR count). The minimum Gasteiger partial charge on any atom is -0.368 e. The van der Waals surface area contributed by atoms with Gasteiger partial charge in [0.2, 0.25) is 0 Å². The van der Waals surface area contributed by atoms with Crippen LogP contribution >= 0.6 is 15.6 Å². The van der Waals surface area contributed by atoms with E-state index in [0.717, 1.165) is 33.4 Å². The molecule has 1 saturated heterocycles. The van der Waals surface area contributed by atoms with Crippen molar-refractivity contribution in [3.8, 4) is 0 Å². The molecule has 0 aromatic heterocycles. The first kappa shape index (κ1) is 46.9. The fourth-order valence-electron chi connectivity index (χ4n) is 7.63. The molecule has 6 aromatic carbocycles. The van der Waals surface area contributed by atoms with Gasteiger partial charge in [-0.3, -0.25) is 27.1 Å². The number of phosphoric acid groups is 2. The highest BCUT2D eigenvalue weighted by Gasteiger charge is 2.63. The zero-order valence-corrected chi connectivity index (χ0v) is 38.1. The van der Waals surface area contributed by atoms with Crippen LogP contribution in [0.5, 0.6) is 0 Å². The third-order valence-electron chi connectivity index (χ3n) is 10.8. The summed E-state index contributed by atoms with van der Waals surface area (Å²) >= 11 is 0. The van der Waals surface area contributed by atoms with E-state index in [4.69, 9.17) is 46.1 Å². The highest BCUT2D eigenvalue weighted by atomic mass is 31.2. The van der Waals surface area contributed by atoms with Gasteiger partial charge in [-0.15, -0.1) is 0 Å². The molecule has 340 valence electrons. The molecule has 12 nitrogen and oxygen atoms in total.